The topological polar surface area (TPSA) is 35.2 Å². The summed E-state index contributed by atoms with van der Waals surface area (Å²) in [6.45, 7) is 6.12. The largest absolute Gasteiger partial charge is 0.378 e. The van der Waals surface area contributed by atoms with E-state index in [1.807, 2.05) is 0 Å². The summed E-state index contributed by atoms with van der Waals surface area (Å²) in [5.74, 6) is 1.22. The van der Waals surface area contributed by atoms with Gasteiger partial charge in [-0.05, 0) is 31.2 Å². The molecule has 2 atom stereocenters. The summed E-state index contributed by atoms with van der Waals surface area (Å²) in [5.41, 5.74) is 5.65. The van der Waals surface area contributed by atoms with Gasteiger partial charge in [-0.15, -0.1) is 0 Å². The average molecular weight is 157 g/mol. The Hall–Kier alpha value is -0.0800. The molecule has 2 heteroatoms. The lowest BCUT2D eigenvalue weighted by Gasteiger charge is -2.33. The average Bonchev–Trinajstić information content (AvgIpc) is 2.04. The standard InChI is InChI=1S/C9H19NO/c1-7(2)9-8(6-10)4-3-5-11-9/h7-9H,3-6,10H2,1-2H3/t8-,9-/m0/s1. The first kappa shape index (κ1) is 9.01. The fraction of sp³-hybridized carbons (Fsp3) is 1.00. The van der Waals surface area contributed by atoms with Gasteiger partial charge in [0.1, 0.15) is 0 Å². The van der Waals surface area contributed by atoms with Gasteiger partial charge in [0, 0.05) is 6.61 Å². The summed E-state index contributed by atoms with van der Waals surface area (Å²) in [7, 11) is 0. The molecular formula is C9H19NO. The van der Waals surface area contributed by atoms with E-state index in [0.29, 0.717) is 17.9 Å². The van der Waals surface area contributed by atoms with Crippen LogP contribution in [0.1, 0.15) is 26.7 Å². The molecule has 0 amide bonds. The molecule has 1 fully saturated rings. The van der Waals surface area contributed by atoms with Gasteiger partial charge < -0.3 is 10.5 Å². The number of rotatable bonds is 2. The van der Waals surface area contributed by atoms with Crippen molar-refractivity contribution >= 4 is 0 Å². The van der Waals surface area contributed by atoms with Gasteiger partial charge in [-0.3, -0.25) is 0 Å². The smallest absolute Gasteiger partial charge is 0.0638 e. The monoisotopic (exact) mass is 157 g/mol. The Morgan fingerprint density at radius 2 is 2.27 bits per heavy atom. The molecule has 1 aliphatic heterocycles. The SMILES string of the molecule is CC(C)[C@@H]1OCCC[C@H]1CN. The number of hydrogen-bond acceptors (Lipinski definition) is 2. The van der Waals surface area contributed by atoms with Crippen molar-refractivity contribution in [3.8, 4) is 0 Å². The van der Waals surface area contributed by atoms with E-state index >= 15 is 0 Å². The van der Waals surface area contributed by atoms with Gasteiger partial charge in [0.15, 0.2) is 0 Å². The Labute approximate surface area is 69.1 Å². The highest BCUT2D eigenvalue weighted by Crippen LogP contribution is 2.24. The van der Waals surface area contributed by atoms with Gasteiger partial charge in [-0.2, -0.15) is 0 Å². The second kappa shape index (κ2) is 4.07. The van der Waals surface area contributed by atoms with E-state index < -0.39 is 0 Å². The van der Waals surface area contributed by atoms with Crippen LogP contribution in [-0.2, 0) is 4.74 Å². The zero-order valence-corrected chi connectivity index (χ0v) is 7.55. The Bertz CT molecular complexity index is 114. The third-order valence-electron chi connectivity index (χ3n) is 2.45. The zero-order chi connectivity index (χ0) is 8.27. The molecule has 1 saturated heterocycles. The number of nitrogens with two attached hydrogens (primary N) is 1. The molecule has 0 saturated carbocycles. The second-order valence-electron chi connectivity index (χ2n) is 3.72. The third kappa shape index (κ3) is 2.17. The first-order valence-corrected chi connectivity index (χ1v) is 4.57. The predicted octanol–water partition coefficient (Wildman–Crippen LogP) is 1.40. The highest BCUT2D eigenvalue weighted by atomic mass is 16.5. The molecule has 1 aliphatic rings. The van der Waals surface area contributed by atoms with Crippen LogP contribution in [0.15, 0.2) is 0 Å². The first-order chi connectivity index (χ1) is 5.25. The van der Waals surface area contributed by atoms with Crippen molar-refractivity contribution in [3.63, 3.8) is 0 Å². The molecule has 0 radical (unpaired) electrons. The minimum absolute atomic E-state index is 0.411. The summed E-state index contributed by atoms with van der Waals surface area (Å²) in [6.07, 6.45) is 2.85. The summed E-state index contributed by atoms with van der Waals surface area (Å²) in [6, 6.07) is 0. The van der Waals surface area contributed by atoms with Crippen LogP contribution in [0.2, 0.25) is 0 Å². The fourth-order valence-corrected chi connectivity index (χ4v) is 1.85. The minimum Gasteiger partial charge on any atom is -0.378 e. The summed E-state index contributed by atoms with van der Waals surface area (Å²) < 4.78 is 5.66. The predicted molar refractivity (Wildman–Crippen MR) is 46.4 cm³/mol. The van der Waals surface area contributed by atoms with E-state index in [9.17, 15) is 0 Å². The maximum absolute atomic E-state index is 5.66. The van der Waals surface area contributed by atoms with Gasteiger partial charge in [-0.1, -0.05) is 13.8 Å². The minimum atomic E-state index is 0.411. The normalized spacial score (nSPS) is 32.7. The summed E-state index contributed by atoms with van der Waals surface area (Å²) >= 11 is 0. The summed E-state index contributed by atoms with van der Waals surface area (Å²) in [5, 5.41) is 0. The van der Waals surface area contributed by atoms with Crippen molar-refractivity contribution in [1.29, 1.82) is 0 Å². The molecule has 0 aromatic heterocycles. The maximum Gasteiger partial charge on any atom is 0.0638 e. The molecule has 0 aliphatic carbocycles. The fourth-order valence-electron chi connectivity index (χ4n) is 1.85. The van der Waals surface area contributed by atoms with Crippen molar-refractivity contribution in [1.82, 2.24) is 0 Å². The first-order valence-electron chi connectivity index (χ1n) is 4.57. The van der Waals surface area contributed by atoms with Crippen LogP contribution >= 0.6 is 0 Å². The number of ether oxygens (including phenoxy) is 1. The molecule has 0 spiro atoms. The van der Waals surface area contributed by atoms with Crippen LogP contribution in [0.5, 0.6) is 0 Å². The van der Waals surface area contributed by atoms with E-state index in [1.54, 1.807) is 0 Å². The highest BCUT2D eigenvalue weighted by Gasteiger charge is 2.26. The van der Waals surface area contributed by atoms with E-state index in [4.69, 9.17) is 10.5 Å². The molecule has 1 heterocycles. The van der Waals surface area contributed by atoms with Crippen molar-refractivity contribution in [2.75, 3.05) is 13.2 Å². The Morgan fingerprint density at radius 1 is 1.55 bits per heavy atom. The molecule has 0 unspecified atom stereocenters. The van der Waals surface area contributed by atoms with E-state index in [2.05, 4.69) is 13.8 Å². The van der Waals surface area contributed by atoms with Crippen LogP contribution in [-0.4, -0.2) is 19.3 Å². The molecule has 0 aromatic rings. The lowest BCUT2D eigenvalue weighted by Crippen LogP contribution is -2.37. The Morgan fingerprint density at radius 3 is 2.73 bits per heavy atom. The van der Waals surface area contributed by atoms with Crippen molar-refractivity contribution in [3.05, 3.63) is 0 Å². The van der Waals surface area contributed by atoms with Crippen molar-refractivity contribution in [2.45, 2.75) is 32.8 Å². The molecule has 1 rings (SSSR count). The van der Waals surface area contributed by atoms with Gasteiger partial charge in [-0.25, -0.2) is 0 Å². The van der Waals surface area contributed by atoms with Crippen LogP contribution in [0.3, 0.4) is 0 Å². The lowest BCUT2D eigenvalue weighted by atomic mass is 9.88. The van der Waals surface area contributed by atoms with Crippen molar-refractivity contribution < 1.29 is 4.74 Å². The van der Waals surface area contributed by atoms with Gasteiger partial charge in [0.25, 0.3) is 0 Å². The summed E-state index contributed by atoms with van der Waals surface area (Å²) in [4.78, 5) is 0. The van der Waals surface area contributed by atoms with Crippen LogP contribution in [0, 0.1) is 11.8 Å². The molecule has 0 aromatic carbocycles. The second-order valence-corrected chi connectivity index (χ2v) is 3.72. The Balaban J connectivity index is 2.44. The maximum atomic E-state index is 5.66. The van der Waals surface area contributed by atoms with Gasteiger partial charge >= 0.3 is 0 Å². The van der Waals surface area contributed by atoms with Crippen LogP contribution in [0.25, 0.3) is 0 Å². The third-order valence-corrected chi connectivity index (χ3v) is 2.45. The van der Waals surface area contributed by atoms with E-state index in [1.165, 1.54) is 12.8 Å². The van der Waals surface area contributed by atoms with Gasteiger partial charge in [0.05, 0.1) is 6.10 Å². The molecular weight excluding hydrogens is 138 g/mol. The highest BCUT2D eigenvalue weighted by molar-refractivity contribution is 4.77. The molecule has 0 bridgehead atoms. The Kier molecular flexibility index (Phi) is 3.34. The van der Waals surface area contributed by atoms with Crippen molar-refractivity contribution in [2.24, 2.45) is 17.6 Å². The molecule has 2 N–H and O–H groups in total. The van der Waals surface area contributed by atoms with Gasteiger partial charge in [0.2, 0.25) is 0 Å². The quantitative estimate of drug-likeness (QED) is 0.657. The molecule has 11 heavy (non-hydrogen) atoms. The lowest BCUT2D eigenvalue weighted by molar-refractivity contribution is -0.0492. The molecule has 66 valence electrons. The van der Waals surface area contributed by atoms with Crippen LogP contribution in [0.4, 0.5) is 0 Å². The van der Waals surface area contributed by atoms with E-state index in [-0.39, 0.29) is 0 Å². The zero-order valence-electron chi connectivity index (χ0n) is 7.55. The number of hydrogen-bond donors (Lipinski definition) is 1. The molecule has 2 nitrogen and oxygen atoms in total. The van der Waals surface area contributed by atoms with E-state index in [0.717, 1.165) is 13.2 Å². The van der Waals surface area contributed by atoms with Crippen LogP contribution < -0.4 is 5.73 Å².